The van der Waals surface area contributed by atoms with E-state index in [9.17, 15) is 26.3 Å². The molecule has 7 nitrogen and oxygen atoms in total. The van der Waals surface area contributed by atoms with Gasteiger partial charge in [-0.25, -0.2) is 0 Å². The van der Waals surface area contributed by atoms with Gasteiger partial charge in [-0.2, -0.15) is 26.3 Å². The average molecular weight is 904 g/mol. The second-order valence-corrected chi connectivity index (χ2v) is 22.2. The Labute approximate surface area is 370 Å². The molecule has 15 heteroatoms. The SMILES string of the molecule is C=C[C@H]1CN2CC[C@H]1C[C@@H]2[C@@H](NC(=O)[C@@H](NC(=S)Nc1cc(C(F)(F)F)cc(C(F)(F)F)c1)[C@@H](C)O[Si](c1ccccc1)(c1ccccc1)C(C)(C)C)c1ccnc2ccccc12. The summed E-state index contributed by atoms with van der Waals surface area (Å²) >= 11 is 5.66. The van der Waals surface area contributed by atoms with Gasteiger partial charge in [-0.3, -0.25) is 14.7 Å². The number of thiocarbonyl (C=S) groups is 1. The first-order valence-corrected chi connectivity index (χ1v) is 23.3. The molecule has 0 aliphatic carbocycles. The van der Waals surface area contributed by atoms with E-state index in [1.54, 1.807) is 13.1 Å². The van der Waals surface area contributed by atoms with Gasteiger partial charge in [0, 0.05) is 29.9 Å². The predicted octanol–water partition coefficient (Wildman–Crippen LogP) is 9.65. The molecule has 1 aromatic heterocycles. The lowest BCUT2D eigenvalue weighted by atomic mass is 9.73. The Balaban J connectivity index is 1.32. The first-order valence-electron chi connectivity index (χ1n) is 21.0. The number of para-hydroxylation sites is 1. The lowest BCUT2D eigenvalue weighted by Gasteiger charge is -2.52. The molecule has 2 bridgehead atoms. The van der Waals surface area contributed by atoms with Gasteiger partial charge in [-0.15, -0.1) is 6.58 Å². The van der Waals surface area contributed by atoms with Crippen molar-refractivity contribution in [3.05, 3.63) is 145 Å². The van der Waals surface area contributed by atoms with E-state index in [0.717, 1.165) is 52.8 Å². The third-order valence-electron chi connectivity index (χ3n) is 12.5. The van der Waals surface area contributed by atoms with E-state index in [0.29, 0.717) is 24.0 Å². The molecule has 3 fully saturated rings. The van der Waals surface area contributed by atoms with Gasteiger partial charge in [0.15, 0.2) is 5.11 Å². The number of benzene rings is 4. The largest absolute Gasteiger partial charge is 0.416 e. The molecule has 3 N–H and O–H groups in total. The van der Waals surface area contributed by atoms with E-state index < -0.39 is 66.6 Å². The number of rotatable bonds is 12. The van der Waals surface area contributed by atoms with E-state index in [-0.39, 0.29) is 17.2 Å². The minimum absolute atomic E-state index is 0.0475. The quantitative estimate of drug-likeness (QED) is 0.0499. The van der Waals surface area contributed by atoms with Crippen LogP contribution in [0.4, 0.5) is 32.0 Å². The monoisotopic (exact) mass is 903 g/mol. The molecule has 4 heterocycles. The molecule has 332 valence electrons. The summed E-state index contributed by atoms with van der Waals surface area (Å²) in [5.74, 6) is 0.118. The van der Waals surface area contributed by atoms with Crippen LogP contribution in [0.1, 0.15) is 63.3 Å². The summed E-state index contributed by atoms with van der Waals surface area (Å²) in [5.41, 5.74) is -1.98. The van der Waals surface area contributed by atoms with Crippen LogP contribution in [0.3, 0.4) is 0 Å². The molecule has 5 aromatic rings. The number of aromatic nitrogens is 1. The summed E-state index contributed by atoms with van der Waals surface area (Å²) in [4.78, 5) is 22.3. The summed E-state index contributed by atoms with van der Waals surface area (Å²) < 4.78 is 90.9. The standard InChI is InChI=1S/C48H51F6N5O2SSi/c1-6-31-29-59-24-22-32(31)25-41(59)43(39-21-23-55-40-20-14-13-19-38(39)40)57-44(60)42(58-45(62)56-35-27-33(47(49,50)51)26-34(28-35)48(52,53)54)30(2)61-63(46(3,4)5,36-15-9-7-10-16-36)37-17-11-8-12-18-37/h6-21,23,26-28,30-32,41-43H,1,22,24-25,29H2,2-5H3,(H,57,60)(H2,56,58,62)/t30-,31+,32+,41-,42+,43+/m1/s1. The first kappa shape index (κ1) is 45.9. The third kappa shape index (κ3) is 9.71. The van der Waals surface area contributed by atoms with Crippen LogP contribution in [0, 0.1) is 11.8 Å². The van der Waals surface area contributed by atoms with Crippen LogP contribution in [-0.4, -0.2) is 60.5 Å². The number of carbonyl (C=O) groups is 1. The van der Waals surface area contributed by atoms with Crippen molar-refractivity contribution in [3.63, 3.8) is 0 Å². The summed E-state index contributed by atoms with van der Waals surface area (Å²) in [5, 5.41) is 10.8. The Bertz CT molecular complexity index is 2350. The van der Waals surface area contributed by atoms with Gasteiger partial charge in [0.25, 0.3) is 8.32 Å². The number of pyridine rings is 1. The Morgan fingerprint density at radius 2 is 1.46 bits per heavy atom. The number of fused-ring (bicyclic) bond motifs is 4. The Kier molecular flexibility index (Phi) is 13.3. The van der Waals surface area contributed by atoms with Crippen molar-refractivity contribution in [1.82, 2.24) is 20.5 Å². The van der Waals surface area contributed by atoms with Gasteiger partial charge in [0.1, 0.15) is 6.04 Å². The molecule has 3 aliphatic heterocycles. The molecule has 3 saturated heterocycles. The number of carbonyl (C=O) groups excluding carboxylic acids is 1. The number of anilines is 1. The highest BCUT2D eigenvalue weighted by Gasteiger charge is 2.53. The number of piperidine rings is 3. The fourth-order valence-corrected chi connectivity index (χ4v) is 14.5. The number of hydrogen-bond donors (Lipinski definition) is 3. The zero-order valence-electron chi connectivity index (χ0n) is 35.4. The highest BCUT2D eigenvalue weighted by atomic mass is 32.1. The van der Waals surface area contributed by atoms with Crippen molar-refractivity contribution in [2.24, 2.45) is 11.8 Å². The molecule has 4 aromatic carbocycles. The molecule has 1 unspecified atom stereocenters. The number of amides is 1. The third-order valence-corrected chi connectivity index (χ3v) is 17.9. The van der Waals surface area contributed by atoms with Gasteiger partial charge in [-0.05, 0) is 102 Å². The lowest BCUT2D eigenvalue weighted by Crippen LogP contribution is -2.69. The van der Waals surface area contributed by atoms with E-state index in [2.05, 4.69) is 53.2 Å². The maximum absolute atomic E-state index is 15.4. The normalized spacial score (nSPS) is 20.7. The van der Waals surface area contributed by atoms with Crippen LogP contribution in [0.15, 0.2) is 128 Å². The molecule has 0 radical (unpaired) electrons. The molecule has 1 amide bonds. The van der Waals surface area contributed by atoms with Crippen molar-refractivity contribution in [1.29, 1.82) is 0 Å². The van der Waals surface area contributed by atoms with Crippen LogP contribution in [-0.2, 0) is 21.6 Å². The maximum Gasteiger partial charge on any atom is 0.416 e. The van der Waals surface area contributed by atoms with Gasteiger partial charge in [-0.1, -0.05) is 106 Å². The number of alkyl halides is 6. The molecule has 0 spiro atoms. The van der Waals surface area contributed by atoms with Crippen molar-refractivity contribution < 1.29 is 35.6 Å². The van der Waals surface area contributed by atoms with Crippen molar-refractivity contribution in [2.75, 3.05) is 18.4 Å². The number of hydrogen-bond acceptors (Lipinski definition) is 5. The number of halogens is 6. The minimum atomic E-state index is -5.08. The molecule has 63 heavy (non-hydrogen) atoms. The van der Waals surface area contributed by atoms with E-state index in [4.69, 9.17) is 16.6 Å². The molecular formula is C48H51F6N5O2SSi. The number of nitrogens with zero attached hydrogens (tertiary/aromatic N) is 2. The summed E-state index contributed by atoms with van der Waals surface area (Å²) in [7, 11) is -3.36. The predicted molar refractivity (Wildman–Crippen MR) is 242 cm³/mol. The maximum atomic E-state index is 15.4. The highest BCUT2D eigenvalue weighted by molar-refractivity contribution is 7.80. The van der Waals surface area contributed by atoms with Crippen LogP contribution >= 0.6 is 12.2 Å². The Morgan fingerprint density at radius 3 is 2.00 bits per heavy atom. The zero-order chi connectivity index (χ0) is 45.3. The summed E-state index contributed by atoms with van der Waals surface area (Å²) in [6.45, 7) is 13.7. The van der Waals surface area contributed by atoms with Gasteiger partial charge in [0.2, 0.25) is 5.91 Å². The van der Waals surface area contributed by atoms with Gasteiger partial charge in [0.05, 0.1) is 28.8 Å². The van der Waals surface area contributed by atoms with E-state index in [1.165, 1.54) is 0 Å². The lowest BCUT2D eigenvalue weighted by molar-refractivity contribution is -0.143. The fraction of sp³-hybridized carbons (Fsp3) is 0.354. The second-order valence-electron chi connectivity index (χ2n) is 17.5. The van der Waals surface area contributed by atoms with Gasteiger partial charge < -0.3 is 20.4 Å². The first-order chi connectivity index (χ1) is 29.8. The van der Waals surface area contributed by atoms with Crippen molar-refractivity contribution in [2.45, 2.75) is 82.2 Å². The minimum Gasteiger partial charge on any atom is -0.402 e. The number of nitrogens with one attached hydrogen (secondary N) is 3. The molecular weight excluding hydrogens is 853 g/mol. The average Bonchev–Trinajstić information content (AvgIpc) is 3.25. The molecule has 0 saturated carbocycles. The van der Waals surface area contributed by atoms with Gasteiger partial charge >= 0.3 is 12.4 Å². The second kappa shape index (κ2) is 18.2. The summed E-state index contributed by atoms with van der Waals surface area (Å²) in [6.07, 6.45) is -5.66. The fourth-order valence-electron chi connectivity index (χ4n) is 9.51. The summed E-state index contributed by atoms with van der Waals surface area (Å²) in [6, 6.07) is 28.3. The smallest absolute Gasteiger partial charge is 0.402 e. The van der Waals surface area contributed by atoms with E-state index in [1.807, 2.05) is 97.1 Å². The van der Waals surface area contributed by atoms with Crippen molar-refractivity contribution >= 4 is 58.5 Å². The Morgan fingerprint density at radius 1 is 0.873 bits per heavy atom. The molecule has 3 aliphatic rings. The van der Waals surface area contributed by atoms with Crippen molar-refractivity contribution in [3.8, 4) is 0 Å². The Hall–Kier alpha value is -5.09. The topological polar surface area (TPSA) is 78.5 Å². The zero-order valence-corrected chi connectivity index (χ0v) is 37.3. The van der Waals surface area contributed by atoms with Crippen LogP contribution in [0.25, 0.3) is 10.9 Å². The molecule has 8 rings (SSSR count). The van der Waals surface area contributed by atoms with Crippen LogP contribution < -0.4 is 26.3 Å². The highest BCUT2D eigenvalue weighted by Crippen LogP contribution is 2.43. The van der Waals surface area contributed by atoms with Crippen LogP contribution in [0.2, 0.25) is 5.04 Å². The molecule has 7 atom stereocenters. The van der Waals surface area contributed by atoms with E-state index >= 15 is 4.79 Å². The van der Waals surface area contributed by atoms with Crippen LogP contribution in [0.5, 0.6) is 0 Å².